The molecular formula is C9H14N2. The molecule has 2 heteroatoms. The zero-order valence-corrected chi connectivity index (χ0v) is 7.01. The largest absolute Gasteiger partial charge is 0.305 e. The van der Waals surface area contributed by atoms with Crippen molar-refractivity contribution < 1.29 is 0 Å². The Bertz CT molecular complexity index is 161. The van der Waals surface area contributed by atoms with Gasteiger partial charge in [-0.1, -0.05) is 0 Å². The second kappa shape index (κ2) is 7.12. The Morgan fingerprint density at radius 3 is 2.64 bits per heavy atom. The van der Waals surface area contributed by atoms with Gasteiger partial charge < -0.3 is 4.90 Å². The minimum atomic E-state index is 0.604. The number of nitriles is 1. The van der Waals surface area contributed by atoms with Gasteiger partial charge in [0.1, 0.15) is 0 Å². The average Bonchev–Trinajstić information content (AvgIpc) is 2.01. The van der Waals surface area contributed by atoms with E-state index >= 15 is 0 Å². The summed E-state index contributed by atoms with van der Waals surface area (Å²) in [4.78, 5) is 2.13. The summed E-state index contributed by atoms with van der Waals surface area (Å²) in [6.45, 7) is 1.84. The van der Waals surface area contributed by atoms with Crippen LogP contribution in [0.1, 0.15) is 19.3 Å². The van der Waals surface area contributed by atoms with E-state index in [4.69, 9.17) is 11.7 Å². The van der Waals surface area contributed by atoms with E-state index in [1.54, 1.807) is 0 Å². The van der Waals surface area contributed by atoms with Crippen LogP contribution in [0.15, 0.2) is 0 Å². The molecule has 0 saturated heterocycles. The molecular weight excluding hydrogens is 136 g/mol. The molecule has 0 aromatic rings. The van der Waals surface area contributed by atoms with Crippen molar-refractivity contribution in [2.24, 2.45) is 0 Å². The molecule has 0 N–H and O–H groups in total. The Morgan fingerprint density at radius 1 is 1.36 bits per heavy atom. The van der Waals surface area contributed by atoms with Crippen LogP contribution >= 0.6 is 0 Å². The maximum absolute atomic E-state index is 8.28. The molecule has 0 unspecified atom stereocenters. The fourth-order valence-electron chi connectivity index (χ4n) is 0.804. The zero-order valence-electron chi connectivity index (χ0n) is 7.01. The third-order valence-corrected chi connectivity index (χ3v) is 1.47. The van der Waals surface area contributed by atoms with Crippen LogP contribution in [0.5, 0.6) is 0 Å². The van der Waals surface area contributed by atoms with Gasteiger partial charge in [0.05, 0.1) is 6.07 Å². The quantitative estimate of drug-likeness (QED) is 0.435. The van der Waals surface area contributed by atoms with E-state index in [1.807, 2.05) is 7.05 Å². The summed E-state index contributed by atoms with van der Waals surface area (Å²) in [7, 11) is 2.01. The lowest BCUT2D eigenvalue weighted by Gasteiger charge is -2.12. The molecule has 0 spiro atoms. The van der Waals surface area contributed by atoms with Crippen LogP contribution in [0, 0.1) is 23.7 Å². The van der Waals surface area contributed by atoms with Crippen molar-refractivity contribution in [1.29, 1.82) is 5.26 Å². The summed E-state index contributed by atoms with van der Waals surface area (Å²) >= 11 is 0. The van der Waals surface area contributed by atoms with Gasteiger partial charge in [-0.25, -0.2) is 0 Å². The SMILES string of the molecule is C#CCCCN(C)CCC#N. The highest BCUT2D eigenvalue weighted by Crippen LogP contribution is 1.92. The fourth-order valence-corrected chi connectivity index (χ4v) is 0.804. The van der Waals surface area contributed by atoms with Crippen LogP contribution < -0.4 is 0 Å². The number of terminal acetylenes is 1. The van der Waals surface area contributed by atoms with Gasteiger partial charge in [0.2, 0.25) is 0 Å². The van der Waals surface area contributed by atoms with Gasteiger partial charge >= 0.3 is 0 Å². The molecule has 0 aliphatic rings. The predicted molar refractivity (Wildman–Crippen MR) is 45.8 cm³/mol. The van der Waals surface area contributed by atoms with E-state index in [0.29, 0.717) is 6.42 Å². The second-order valence-corrected chi connectivity index (χ2v) is 2.52. The first-order chi connectivity index (χ1) is 5.31. The lowest BCUT2D eigenvalue weighted by molar-refractivity contribution is 0.339. The van der Waals surface area contributed by atoms with Gasteiger partial charge in [0.25, 0.3) is 0 Å². The minimum absolute atomic E-state index is 0.604. The molecule has 0 radical (unpaired) electrons. The first-order valence-corrected chi connectivity index (χ1v) is 3.80. The fraction of sp³-hybridized carbons (Fsp3) is 0.667. The van der Waals surface area contributed by atoms with Crippen LogP contribution in [0.2, 0.25) is 0 Å². The first kappa shape index (κ1) is 10.0. The van der Waals surface area contributed by atoms with Crippen LogP contribution in [0.3, 0.4) is 0 Å². The van der Waals surface area contributed by atoms with E-state index in [2.05, 4.69) is 16.9 Å². The molecule has 0 aliphatic heterocycles. The summed E-state index contributed by atoms with van der Waals surface area (Å²) in [5, 5.41) is 8.28. The Hall–Kier alpha value is -0.990. The summed E-state index contributed by atoms with van der Waals surface area (Å²) in [5.74, 6) is 2.59. The molecule has 0 fully saturated rings. The standard InChI is InChI=1S/C9H14N2/c1-3-4-5-8-11(2)9-6-7-10/h1H,4-6,8-9H2,2H3. The maximum Gasteiger partial charge on any atom is 0.0635 e. The Morgan fingerprint density at radius 2 is 2.09 bits per heavy atom. The number of unbranched alkanes of at least 4 members (excludes halogenated alkanes) is 1. The number of hydrogen-bond acceptors (Lipinski definition) is 2. The van der Waals surface area contributed by atoms with E-state index in [1.165, 1.54) is 0 Å². The van der Waals surface area contributed by atoms with Crippen LogP contribution in [0.25, 0.3) is 0 Å². The third kappa shape index (κ3) is 6.90. The molecule has 0 amide bonds. The lowest BCUT2D eigenvalue weighted by atomic mass is 10.3. The highest BCUT2D eigenvalue weighted by molar-refractivity contribution is 4.83. The lowest BCUT2D eigenvalue weighted by Crippen LogP contribution is -2.20. The summed E-state index contributed by atoms with van der Waals surface area (Å²) in [6, 6.07) is 2.11. The predicted octanol–water partition coefficient (Wildman–Crippen LogP) is 1.25. The third-order valence-electron chi connectivity index (χ3n) is 1.47. The molecule has 0 aromatic carbocycles. The van der Waals surface area contributed by atoms with Crippen LogP contribution in [0.4, 0.5) is 0 Å². The van der Waals surface area contributed by atoms with Crippen molar-refractivity contribution in [3.63, 3.8) is 0 Å². The van der Waals surface area contributed by atoms with Crippen molar-refractivity contribution >= 4 is 0 Å². The summed E-state index contributed by atoms with van der Waals surface area (Å²) in [6.07, 6.45) is 7.55. The molecule has 0 atom stereocenters. The van der Waals surface area contributed by atoms with E-state index in [-0.39, 0.29) is 0 Å². The topological polar surface area (TPSA) is 27.0 Å². The summed E-state index contributed by atoms with van der Waals surface area (Å²) < 4.78 is 0. The molecule has 0 bridgehead atoms. The van der Waals surface area contributed by atoms with E-state index < -0.39 is 0 Å². The minimum Gasteiger partial charge on any atom is -0.305 e. The van der Waals surface area contributed by atoms with Crippen molar-refractivity contribution in [1.82, 2.24) is 4.90 Å². The molecule has 2 nitrogen and oxygen atoms in total. The van der Waals surface area contributed by atoms with Crippen molar-refractivity contribution in [3.05, 3.63) is 0 Å². The molecule has 0 saturated carbocycles. The molecule has 0 heterocycles. The molecule has 0 aliphatic carbocycles. The Kier molecular flexibility index (Phi) is 6.48. The molecule has 11 heavy (non-hydrogen) atoms. The maximum atomic E-state index is 8.28. The van der Waals surface area contributed by atoms with Gasteiger partial charge in [0, 0.05) is 19.4 Å². The van der Waals surface area contributed by atoms with Gasteiger partial charge in [-0.2, -0.15) is 5.26 Å². The average molecular weight is 150 g/mol. The zero-order chi connectivity index (χ0) is 8.53. The smallest absolute Gasteiger partial charge is 0.0635 e. The molecule has 0 aromatic heterocycles. The van der Waals surface area contributed by atoms with E-state index in [0.717, 1.165) is 25.9 Å². The Balaban J connectivity index is 3.18. The number of nitrogens with zero attached hydrogens (tertiary/aromatic N) is 2. The first-order valence-electron chi connectivity index (χ1n) is 3.80. The van der Waals surface area contributed by atoms with Gasteiger partial charge in [0.15, 0.2) is 0 Å². The van der Waals surface area contributed by atoms with Gasteiger partial charge in [-0.05, 0) is 20.0 Å². The number of rotatable bonds is 5. The monoisotopic (exact) mass is 150 g/mol. The summed E-state index contributed by atoms with van der Waals surface area (Å²) in [5.41, 5.74) is 0. The molecule has 60 valence electrons. The van der Waals surface area contributed by atoms with Crippen molar-refractivity contribution in [2.45, 2.75) is 19.3 Å². The van der Waals surface area contributed by atoms with Crippen molar-refractivity contribution in [3.8, 4) is 18.4 Å². The Labute approximate surface area is 68.8 Å². The van der Waals surface area contributed by atoms with Crippen molar-refractivity contribution in [2.75, 3.05) is 20.1 Å². The van der Waals surface area contributed by atoms with Crippen LogP contribution in [-0.2, 0) is 0 Å². The molecule has 0 rings (SSSR count). The highest BCUT2D eigenvalue weighted by atomic mass is 15.1. The van der Waals surface area contributed by atoms with Gasteiger partial charge in [-0.15, -0.1) is 12.3 Å². The van der Waals surface area contributed by atoms with Crippen LogP contribution in [-0.4, -0.2) is 25.0 Å². The van der Waals surface area contributed by atoms with Gasteiger partial charge in [-0.3, -0.25) is 0 Å². The highest BCUT2D eigenvalue weighted by Gasteiger charge is 1.94. The normalized spacial score (nSPS) is 9.09. The number of hydrogen-bond donors (Lipinski definition) is 0. The second-order valence-electron chi connectivity index (χ2n) is 2.52. The van der Waals surface area contributed by atoms with E-state index in [9.17, 15) is 0 Å².